The molecule has 19 heavy (non-hydrogen) atoms. The topological polar surface area (TPSA) is 62.3 Å². The maximum atomic E-state index is 12.7. The van der Waals surface area contributed by atoms with Gasteiger partial charge in [-0.3, -0.25) is 4.98 Å². The highest BCUT2D eigenvalue weighted by Gasteiger charge is 2.31. The highest BCUT2D eigenvalue weighted by atomic mass is 32.2. The first-order valence-corrected chi connectivity index (χ1v) is 8.23. The van der Waals surface area contributed by atoms with Crippen LogP contribution in [0.4, 0.5) is 0 Å². The number of piperidine rings is 1. The Bertz CT molecular complexity index is 484. The van der Waals surface area contributed by atoms with Crippen LogP contribution in [0.15, 0.2) is 29.4 Å². The summed E-state index contributed by atoms with van der Waals surface area (Å²) in [5.74, 6) is 0. The molecule has 0 spiro atoms. The van der Waals surface area contributed by atoms with Crippen LogP contribution in [0, 0.1) is 0 Å². The number of aromatic nitrogens is 1. The Hall–Kier alpha value is -0.980. The van der Waals surface area contributed by atoms with Gasteiger partial charge >= 0.3 is 0 Å². The van der Waals surface area contributed by atoms with Crippen molar-refractivity contribution in [2.45, 2.75) is 37.1 Å². The van der Waals surface area contributed by atoms with Crippen LogP contribution in [0.3, 0.4) is 0 Å². The third-order valence-electron chi connectivity index (χ3n) is 3.40. The van der Waals surface area contributed by atoms with Crippen molar-refractivity contribution in [1.82, 2.24) is 14.6 Å². The van der Waals surface area contributed by atoms with Gasteiger partial charge in [0.25, 0.3) is 0 Å². The van der Waals surface area contributed by atoms with Gasteiger partial charge in [0.2, 0.25) is 10.0 Å². The molecule has 0 atom stereocenters. The smallest absolute Gasteiger partial charge is 0.244 e. The zero-order valence-electron chi connectivity index (χ0n) is 11.2. The van der Waals surface area contributed by atoms with Crippen molar-refractivity contribution >= 4 is 10.0 Å². The molecule has 0 radical (unpaired) electrons. The number of sulfonamides is 1. The molecule has 5 nitrogen and oxygen atoms in total. The minimum Gasteiger partial charge on any atom is -0.317 e. The van der Waals surface area contributed by atoms with Crippen LogP contribution in [0.2, 0.25) is 0 Å². The van der Waals surface area contributed by atoms with Crippen molar-refractivity contribution in [2.24, 2.45) is 0 Å². The Labute approximate surface area is 115 Å². The van der Waals surface area contributed by atoms with Crippen LogP contribution in [0.5, 0.6) is 0 Å². The van der Waals surface area contributed by atoms with Gasteiger partial charge in [0, 0.05) is 25.0 Å². The van der Waals surface area contributed by atoms with Crippen molar-refractivity contribution in [2.75, 3.05) is 19.6 Å². The minimum absolute atomic E-state index is 0.103. The van der Waals surface area contributed by atoms with Crippen molar-refractivity contribution in [3.63, 3.8) is 0 Å². The Morgan fingerprint density at radius 3 is 2.74 bits per heavy atom. The molecule has 1 aliphatic rings. The molecule has 106 valence electrons. The minimum atomic E-state index is -3.42. The second-order valence-electron chi connectivity index (χ2n) is 4.79. The summed E-state index contributed by atoms with van der Waals surface area (Å²) in [6.07, 6.45) is 5.59. The third-order valence-corrected chi connectivity index (χ3v) is 5.34. The Morgan fingerprint density at radius 2 is 2.16 bits per heavy atom. The fraction of sp³-hybridized carbons (Fsp3) is 0.615. The van der Waals surface area contributed by atoms with Gasteiger partial charge in [0.15, 0.2) is 0 Å². The SMILES string of the molecule is CCCN(C1CCNCC1)S(=O)(=O)c1cccnc1. The molecule has 0 saturated carbocycles. The molecule has 0 bridgehead atoms. The quantitative estimate of drug-likeness (QED) is 0.883. The first-order chi connectivity index (χ1) is 9.16. The molecule has 6 heteroatoms. The van der Waals surface area contributed by atoms with Crippen LogP contribution >= 0.6 is 0 Å². The molecular formula is C13H21N3O2S. The van der Waals surface area contributed by atoms with E-state index in [1.165, 1.54) is 6.20 Å². The molecular weight excluding hydrogens is 262 g/mol. The molecule has 2 heterocycles. The van der Waals surface area contributed by atoms with E-state index >= 15 is 0 Å². The van der Waals surface area contributed by atoms with Crippen molar-refractivity contribution in [3.05, 3.63) is 24.5 Å². The lowest BCUT2D eigenvalue weighted by Crippen LogP contribution is -2.46. The zero-order chi connectivity index (χ0) is 13.7. The first-order valence-electron chi connectivity index (χ1n) is 6.79. The van der Waals surface area contributed by atoms with E-state index in [-0.39, 0.29) is 6.04 Å². The summed E-state index contributed by atoms with van der Waals surface area (Å²) in [6, 6.07) is 3.39. The predicted octanol–water partition coefficient (Wildman–Crippen LogP) is 1.23. The molecule has 1 fully saturated rings. The van der Waals surface area contributed by atoms with Gasteiger partial charge in [-0.05, 0) is 44.5 Å². The Kier molecular flexibility index (Phi) is 4.90. The van der Waals surface area contributed by atoms with Crippen LogP contribution in [0.25, 0.3) is 0 Å². The van der Waals surface area contributed by atoms with Crippen LogP contribution in [0.1, 0.15) is 26.2 Å². The summed E-state index contributed by atoms with van der Waals surface area (Å²) in [6.45, 7) is 4.34. The average Bonchev–Trinajstić information content (AvgIpc) is 2.46. The highest BCUT2D eigenvalue weighted by molar-refractivity contribution is 7.89. The average molecular weight is 283 g/mol. The molecule has 0 aromatic carbocycles. The molecule has 1 aliphatic heterocycles. The normalized spacial score (nSPS) is 17.8. The predicted molar refractivity (Wildman–Crippen MR) is 74.3 cm³/mol. The summed E-state index contributed by atoms with van der Waals surface area (Å²) >= 11 is 0. The lowest BCUT2D eigenvalue weighted by Gasteiger charge is -2.33. The van der Waals surface area contributed by atoms with Crippen molar-refractivity contribution in [1.29, 1.82) is 0 Å². The number of nitrogens with one attached hydrogen (secondary N) is 1. The van der Waals surface area contributed by atoms with Gasteiger partial charge in [0.05, 0.1) is 0 Å². The first kappa shape index (κ1) is 14.4. The fourth-order valence-corrected chi connectivity index (χ4v) is 4.19. The van der Waals surface area contributed by atoms with Crippen molar-refractivity contribution in [3.8, 4) is 0 Å². The second-order valence-corrected chi connectivity index (χ2v) is 6.68. The lowest BCUT2D eigenvalue weighted by molar-refractivity contribution is 0.262. The maximum Gasteiger partial charge on any atom is 0.244 e. The molecule has 2 rings (SSSR count). The fourth-order valence-electron chi connectivity index (χ4n) is 2.45. The van der Waals surface area contributed by atoms with Gasteiger partial charge in [-0.25, -0.2) is 8.42 Å². The van der Waals surface area contributed by atoms with Gasteiger partial charge in [-0.1, -0.05) is 6.92 Å². The molecule has 1 N–H and O–H groups in total. The van der Waals surface area contributed by atoms with E-state index in [0.717, 1.165) is 32.4 Å². The number of pyridine rings is 1. The Balaban J connectivity index is 2.27. The molecule has 0 amide bonds. The van der Waals surface area contributed by atoms with E-state index < -0.39 is 10.0 Å². The number of hydrogen-bond acceptors (Lipinski definition) is 4. The number of hydrogen-bond donors (Lipinski definition) is 1. The van der Waals surface area contributed by atoms with Gasteiger partial charge in [0.1, 0.15) is 4.90 Å². The lowest BCUT2D eigenvalue weighted by atomic mass is 10.1. The highest BCUT2D eigenvalue weighted by Crippen LogP contribution is 2.22. The van der Waals surface area contributed by atoms with E-state index in [0.29, 0.717) is 11.4 Å². The maximum absolute atomic E-state index is 12.7. The summed E-state index contributed by atoms with van der Waals surface area (Å²) in [4.78, 5) is 4.21. The Morgan fingerprint density at radius 1 is 1.42 bits per heavy atom. The molecule has 0 unspecified atom stereocenters. The molecule has 1 aromatic rings. The molecule has 1 aromatic heterocycles. The van der Waals surface area contributed by atoms with Gasteiger partial charge in [-0.2, -0.15) is 4.31 Å². The summed E-state index contributed by atoms with van der Waals surface area (Å²) in [5, 5.41) is 3.27. The monoisotopic (exact) mass is 283 g/mol. The zero-order valence-corrected chi connectivity index (χ0v) is 12.1. The number of nitrogens with zero attached hydrogens (tertiary/aromatic N) is 2. The second kappa shape index (κ2) is 6.45. The summed E-state index contributed by atoms with van der Waals surface area (Å²) in [5.41, 5.74) is 0. The third kappa shape index (κ3) is 3.32. The van der Waals surface area contributed by atoms with E-state index in [1.54, 1.807) is 22.6 Å². The van der Waals surface area contributed by atoms with Crippen molar-refractivity contribution < 1.29 is 8.42 Å². The summed E-state index contributed by atoms with van der Waals surface area (Å²) in [7, 11) is -3.42. The molecule has 1 saturated heterocycles. The van der Waals surface area contributed by atoms with E-state index in [1.807, 2.05) is 6.92 Å². The van der Waals surface area contributed by atoms with Gasteiger partial charge in [-0.15, -0.1) is 0 Å². The van der Waals surface area contributed by atoms with Crippen LogP contribution in [-0.2, 0) is 10.0 Å². The van der Waals surface area contributed by atoms with Crippen LogP contribution < -0.4 is 5.32 Å². The van der Waals surface area contributed by atoms with E-state index in [2.05, 4.69) is 10.3 Å². The summed E-state index contributed by atoms with van der Waals surface area (Å²) < 4.78 is 27.0. The standard InChI is InChI=1S/C13H21N3O2S/c1-2-10-16(12-5-8-14-9-6-12)19(17,18)13-4-3-7-15-11-13/h3-4,7,11-12,14H,2,5-6,8-10H2,1H3. The van der Waals surface area contributed by atoms with Gasteiger partial charge < -0.3 is 5.32 Å². The molecule has 0 aliphatic carbocycles. The van der Waals surface area contributed by atoms with Crippen LogP contribution in [-0.4, -0.2) is 43.4 Å². The number of rotatable bonds is 5. The largest absolute Gasteiger partial charge is 0.317 e. The van der Waals surface area contributed by atoms with E-state index in [4.69, 9.17) is 0 Å². The van der Waals surface area contributed by atoms with E-state index in [9.17, 15) is 8.42 Å².